The molecule has 1 fully saturated rings. The average Bonchev–Trinajstić information content (AvgIpc) is 2.49. The van der Waals surface area contributed by atoms with Gasteiger partial charge in [-0.25, -0.2) is 8.42 Å². The predicted molar refractivity (Wildman–Crippen MR) is 83.9 cm³/mol. The minimum atomic E-state index is -3.64. The fourth-order valence-electron chi connectivity index (χ4n) is 2.30. The Bertz CT molecular complexity index is 614. The normalized spacial score (nSPS) is 17.9. The van der Waals surface area contributed by atoms with Gasteiger partial charge in [0.05, 0.1) is 12.1 Å². The molecule has 2 rings (SSSR count). The number of rotatable bonds is 4. The van der Waals surface area contributed by atoms with Crippen LogP contribution in [0.25, 0.3) is 0 Å². The highest BCUT2D eigenvalue weighted by Gasteiger charge is 2.31. The molecule has 0 N–H and O–H groups in total. The maximum absolute atomic E-state index is 12.7. The van der Waals surface area contributed by atoms with Crippen molar-refractivity contribution < 1.29 is 13.2 Å². The highest BCUT2D eigenvalue weighted by molar-refractivity contribution is 7.89. The second-order valence-corrected chi connectivity index (χ2v) is 7.39. The molecule has 21 heavy (non-hydrogen) atoms. The Kier molecular flexibility index (Phi) is 5.38. The number of sulfonamides is 1. The van der Waals surface area contributed by atoms with Crippen molar-refractivity contribution in [3.8, 4) is 5.75 Å². The van der Waals surface area contributed by atoms with E-state index in [1.807, 2.05) is 0 Å². The predicted octanol–water partition coefficient (Wildman–Crippen LogP) is 2.33. The standard InChI is InChI=1S/C13H18Cl2N2O3S/c1-3-16-6-8-17(9-7-16)21(18,19)11-5-4-10(20-2)12(14)13(11)15/h4-5H,3,6-9H2,1-2H3. The van der Waals surface area contributed by atoms with Crippen LogP contribution in [0, 0.1) is 0 Å². The molecule has 1 aromatic rings. The van der Waals surface area contributed by atoms with E-state index in [0.717, 1.165) is 19.6 Å². The molecule has 0 bridgehead atoms. The zero-order valence-corrected chi connectivity index (χ0v) is 14.3. The van der Waals surface area contributed by atoms with Gasteiger partial charge in [0.25, 0.3) is 0 Å². The lowest BCUT2D eigenvalue weighted by molar-refractivity contribution is 0.196. The number of nitrogens with zero attached hydrogens (tertiary/aromatic N) is 2. The number of hydrogen-bond donors (Lipinski definition) is 0. The molecular formula is C13H18Cl2N2O3S. The molecule has 0 aliphatic carbocycles. The molecule has 0 unspecified atom stereocenters. The van der Waals surface area contributed by atoms with E-state index in [0.29, 0.717) is 18.8 Å². The minimum Gasteiger partial charge on any atom is -0.495 e. The van der Waals surface area contributed by atoms with Crippen molar-refractivity contribution in [3.63, 3.8) is 0 Å². The summed E-state index contributed by atoms with van der Waals surface area (Å²) in [5, 5.41) is 0.126. The Morgan fingerprint density at radius 1 is 1.14 bits per heavy atom. The van der Waals surface area contributed by atoms with Gasteiger partial charge >= 0.3 is 0 Å². The molecule has 0 spiro atoms. The van der Waals surface area contributed by atoms with Crippen molar-refractivity contribution in [3.05, 3.63) is 22.2 Å². The van der Waals surface area contributed by atoms with E-state index in [2.05, 4.69) is 11.8 Å². The molecule has 1 saturated heterocycles. The SMILES string of the molecule is CCN1CCN(S(=O)(=O)c2ccc(OC)c(Cl)c2Cl)CC1. The highest BCUT2D eigenvalue weighted by Crippen LogP contribution is 2.37. The van der Waals surface area contributed by atoms with E-state index in [1.54, 1.807) is 0 Å². The quantitative estimate of drug-likeness (QED) is 0.834. The summed E-state index contributed by atoms with van der Waals surface area (Å²) in [6.07, 6.45) is 0. The van der Waals surface area contributed by atoms with Crippen LogP contribution in [0.2, 0.25) is 10.0 Å². The summed E-state index contributed by atoms with van der Waals surface area (Å²) < 4.78 is 31.8. The molecule has 0 amide bonds. The topological polar surface area (TPSA) is 49.9 Å². The molecule has 0 atom stereocenters. The fourth-order valence-corrected chi connectivity index (χ4v) is 4.53. The lowest BCUT2D eigenvalue weighted by Crippen LogP contribution is -2.48. The van der Waals surface area contributed by atoms with Crippen molar-refractivity contribution in [1.29, 1.82) is 0 Å². The first-order valence-corrected chi connectivity index (χ1v) is 8.86. The first kappa shape index (κ1) is 16.8. The third-order valence-electron chi connectivity index (χ3n) is 3.63. The van der Waals surface area contributed by atoms with Gasteiger partial charge in [0.15, 0.2) is 0 Å². The van der Waals surface area contributed by atoms with E-state index in [1.165, 1.54) is 23.5 Å². The minimum absolute atomic E-state index is 0.00828. The molecule has 1 heterocycles. The summed E-state index contributed by atoms with van der Waals surface area (Å²) in [7, 11) is -2.18. The van der Waals surface area contributed by atoms with Gasteiger partial charge in [0.2, 0.25) is 10.0 Å². The van der Waals surface area contributed by atoms with Crippen molar-refractivity contribution in [2.24, 2.45) is 0 Å². The molecule has 5 nitrogen and oxygen atoms in total. The third kappa shape index (κ3) is 3.29. The Morgan fingerprint density at radius 3 is 2.29 bits per heavy atom. The Morgan fingerprint density at radius 2 is 1.76 bits per heavy atom. The summed E-state index contributed by atoms with van der Waals surface area (Å²) in [5.74, 6) is 0.358. The molecule has 118 valence electrons. The van der Waals surface area contributed by atoms with Crippen molar-refractivity contribution in [2.75, 3.05) is 39.8 Å². The highest BCUT2D eigenvalue weighted by atomic mass is 35.5. The van der Waals surface area contributed by atoms with Crippen LogP contribution in [0.5, 0.6) is 5.75 Å². The van der Waals surface area contributed by atoms with Gasteiger partial charge in [-0.2, -0.15) is 4.31 Å². The molecule has 0 aromatic heterocycles. The Labute approximate surface area is 135 Å². The second-order valence-electron chi connectivity index (χ2n) is 4.73. The number of ether oxygens (including phenoxy) is 1. The zero-order chi connectivity index (χ0) is 15.6. The zero-order valence-electron chi connectivity index (χ0n) is 12.0. The summed E-state index contributed by atoms with van der Waals surface area (Å²) in [6.45, 7) is 5.33. The number of halogens is 2. The third-order valence-corrected chi connectivity index (χ3v) is 6.55. The first-order chi connectivity index (χ1) is 9.91. The molecule has 1 aliphatic rings. The van der Waals surface area contributed by atoms with Gasteiger partial charge in [-0.15, -0.1) is 0 Å². The van der Waals surface area contributed by atoms with Crippen molar-refractivity contribution in [1.82, 2.24) is 9.21 Å². The van der Waals surface area contributed by atoms with Crippen molar-refractivity contribution >= 4 is 33.2 Å². The molecule has 1 aliphatic heterocycles. The van der Waals surface area contributed by atoms with Crippen LogP contribution in [0.4, 0.5) is 0 Å². The maximum atomic E-state index is 12.7. The van der Waals surface area contributed by atoms with Crippen molar-refractivity contribution in [2.45, 2.75) is 11.8 Å². The van der Waals surface area contributed by atoms with Crippen LogP contribution in [-0.2, 0) is 10.0 Å². The van der Waals surface area contributed by atoms with Crippen LogP contribution in [0.1, 0.15) is 6.92 Å². The van der Waals surface area contributed by atoms with E-state index < -0.39 is 10.0 Å². The molecular weight excluding hydrogens is 335 g/mol. The van der Waals surface area contributed by atoms with E-state index in [-0.39, 0.29) is 14.9 Å². The average molecular weight is 353 g/mol. The maximum Gasteiger partial charge on any atom is 0.244 e. The van der Waals surface area contributed by atoms with Gasteiger partial charge in [0.1, 0.15) is 15.7 Å². The number of piperazine rings is 1. The summed E-state index contributed by atoms with van der Waals surface area (Å²) in [5.41, 5.74) is 0. The second kappa shape index (κ2) is 6.71. The van der Waals surface area contributed by atoms with Crippen LogP contribution >= 0.6 is 23.2 Å². The fraction of sp³-hybridized carbons (Fsp3) is 0.538. The van der Waals surface area contributed by atoms with Crippen LogP contribution in [0.3, 0.4) is 0 Å². The van der Waals surface area contributed by atoms with E-state index in [9.17, 15) is 8.42 Å². The smallest absolute Gasteiger partial charge is 0.244 e. The van der Waals surface area contributed by atoms with Crippen LogP contribution in [-0.4, -0.2) is 57.5 Å². The lowest BCUT2D eigenvalue weighted by Gasteiger charge is -2.33. The summed E-state index contributed by atoms with van der Waals surface area (Å²) >= 11 is 12.1. The molecule has 0 radical (unpaired) electrons. The van der Waals surface area contributed by atoms with E-state index in [4.69, 9.17) is 27.9 Å². The van der Waals surface area contributed by atoms with Gasteiger partial charge in [-0.1, -0.05) is 30.1 Å². The molecule has 1 aromatic carbocycles. The monoisotopic (exact) mass is 352 g/mol. The summed E-state index contributed by atoms with van der Waals surface area (Å²) in [6, 6.07) is 2.96. The first-order valence-electron chi connectivity index (χ1n) is 6.66. The van der Waals surface area contributed by atoms with Gasteiger partial charge in [-0.3, -0.25) is 0 Å². The Balaban J connectivity index is 2.31. The number of methoxy groups -OCH3 is 1. The largest absolute Gasteiger partial charge is 0.495 e. The van der Waals surface area contributed by atoms with Crippen LogP contribution < -0.4 is 4.74 Å². The molecule has 8 heteroatoms. The van der Waals surface area contributed by atoms with Crippen LogP contribution in [0.15, 0.2) is 17.0 Å². The number of hydrogen-bond acceptors (Lipinski definition) is 4. The molecule has 0 saturated carbocycles. The van der Waals surface area contributed by atoms with Gasteiger partial charge in [0, 0.05) is 26.2 Å². The van der Waals surface area contributed by atoms with Gasteiger partial charge < -0.3 is 9.64 Å². The van der Waals surface area contributed by atoms with Gasteiger partial charge in [-0.05, 0) is 18.7 Å². The number of likely N-dealkylation sites (N-methyl/N-ethyl adjacent to an activating group) is 1. The van der Waals surface area contributed by atoms with E-state index >= 15 is 0 Å². The summed E-state index contributed by atoms with van der Waals surface area (Å²) in [4.78, 5) is 2.23. The lowest BCUT2D eigenvalue weighted by atomic mass is 10.3. The number of benzene rings is 1. The Hall–Kier alpha value is -0.530.